The number of ether oxygens (including phenoxy) is 2. The zero-order chi connectivity index (χ0) is 22.1. The summed E-state index contributed by atoms with van der Waals surface area (Å²) in [5.74, 6) is 1.59. The number of fused-ring (bicyclic) bond motifs is 3. The van der Waals surface area contributed by atoms with Crippen LogP contribution in [0.25, 0.3) is 6.08 Å². The molecule has 4 rings (SSSR count). The van der Waals surface area contributed by atoms with E-state index in [1.54, 1.807) is 0 Å². The van der Waals surface area contributed by atoms with E-state index in [-0.39, 0.29) is 11.3 Å². The van der Waals surface area contributed by atoms with Crippen molar-refractivity contribution >= 4 is 17.7 Å². The summed E-state index contributed by atoms with van der Waals surface area (Å²) >= 11 is 0. The molecule has 2 aromatic rings. The SMILES string of the molecule is CCCOc1ccc(C=CC23NC(=O)CCN2c2ccccc2C3(C)C)cc1OCC. The first kappa shape index (κ1) is 21.3. The van der Waals surface area contributed by atoms with E-state index in [2.05, 4.69) is 67.4 Å². The predicted octanol–water partition coefficient (Wildman–Crippen LogP) is 4.90. The molecule has 2 aliphatic heterocycles. The third-order valence-corrected chi connectivity index (χ3v) is 6.39. The fraction of sp³-hybridized carbons (Fsp3) is 0.423. The van der Waals surface area contributed by atoms with Gasteiger partial charge in [-0.3, -0.25) is 4.79 Å². The van der Waals surface area contributed by atoms with Gasteiger partial charge in [-0.15, -0.1) is 0 Å². The Morgan fingerprint density at radius 3 is 2.68 bits per heavy atom. The quantitative estimate of drug-likeness (QED) is 0.692. The van der Waals surface area contributed by atoms with Crippen molar-refractivity contribution in [3.05, 3.63) is 59.7 Å². The van der Waals surface area contributed by atoms with E-state index < -0.39 is 5.66 Å². The maximum absolute atomic E-state index is 12.5. The molecule has 1 saturated heterocycles. The van der Waals surface area contributed by atoms with Crippen molar-refractivity contribution in [2.45, 2.75) is 51.6 Å². The first-order valence-electron chi connectivity index (χ1n) is 11.2. The highest BCUT2D eigenvalue weighted by Gasteiger charge is 2.57. The smallest absolute Gasteiger partial charge is 0.223 e. The van der Waals surface area contributed by atoms with E-state index in [0.29, 0.717) is 26.2 Å². The molecule has 1 fully saturated rings. The Morgan fingerprint density at radius 2 is 1.90 bits per heavy atom. The summed E-state index contributed by atoms with van der Waals surface area (Å²) in [6.45, 7) is 10.4. The highest BCUT2D eigenvalue weighted by atomic mass is 16.5. The molecule has 2 aromatic carbocycles. The van der Waals surface area contributed by atoms with Gasteiger partial charge >= 0.3 is 0 Å². The fourth-order valence-electron chi connectivity index (χ4n) is 4.76. The number of para-hydroxylation sites is 1. The Bertz CT molecular complexity index is 998. The van der Waals surface area contributed by atoms with Gasteiger partial charge in [0.15, 0.2) is 11.5 Å². The molecular weight excluding hydrogens is 388 g/mol. The predicted molar refractivity (Wildman–Crippen MR) is 125 cm³/mol. The molecule has 0 aliphatic carbocycles. The average Bonchev–Trinajstić information content (AvgIpc) is 2.96. The van der Waals surface area contributed by atoms with Gasteiger partial charge in [0.05, 0.1) is 13.2 Å². The van der Waals surface area contributed by atoms with Crippen LogP contribution in [0.5, 0.6) is 11.5 Å². The first-order chi connectivity index (χ1) is 14.9. The van der Waals surface area contributed by atoms with Gasteiger partial charge in [0.25, 0.3) is 0 Å². The second-order valence-electron chi connectivity index (χ2n) is 8.68. The van der Waals surface area contributed by atoms with Crippen molar-refractivity contribution in [2.75, 3.05) is 24.7 Å². The second kappa shape index (κ2) is 8.29. The summed E-state index contributed by atoms with van der Waals surface area (Å²) in [7, 11) is 0. The number of benzene rings is 2. The molecule has 31 heavy (non-hydrogen) atoms. The van der Waals surface area contributed by atoms with Crippen molar-refractivity contribution in [2.24, 2.45) is 0 Å². The largest absolute Gasteiger partial charge is 0.490 e. The van der Waals surface area contributed by atoms with Crippen LogP contribution in [-0.4, -0.2) is 31.3 Å². The zero-order valence-corrected chi connectivity index (χ0v) is 18.9. The highest BCUT2D eigenvalue weighted by molar-refractivity contribution is 5.84. The van der Waals surface area contributed by atoms with Crippen LogP contribution < -0.4 is 19.7 Å². The number of carbonyl (C=O) groups excluding carboxylic acids is 1. The van der Waals surface area contributed by atoms with Gasteiger partial charge in [0.1, 0.15) is 5.66 Å². The minimum absolute atomic E-state index is 0.0834. The van der Waals surface area contributed by atoms with Crippen LogP contribution in [0.4, 0.5) is 5.69 Å². The average molecular weight is 421 g/mol. The molecule has 1 N–H and O–H groups in total. The highest BCUT2D eigenvalue weighted by Crippen LogP contribution is 2.52. The van der Waals surface area contributed by atoms with Crippen molar-refractivity contribution in [3.8, 4) is 11.5 Å². The van der Waals surface area contributed by atoms with Crippen LogP contribution in [0.3, 0.4) is 0 Å². The number of hydrogen-bond donors (Lipinski definition) is 1. The molecule has 2 heterocycles. The van der Waals surface area contributed by atoms with Crippen molar-refractivity contribution in [3.63, 3.8) is 0 Å². The number of hydrogen-bond acceptors (Lipinski definition) is 4. The molecule has 5 heteroatoms. The summed E-state index contributed by atoms with van der Waals surface area (Å²) < 4.78 is 11.7. The van der Waals surface area contributed by atoms with Crippen molar-refractivity contribution < 1.29 is 14.3 Å². The van der Waals surface area contributed by atoms with Gasteiger partial charge in [-0.25, -0.2) is 0 Å². The van der Waals surface area contributed by atoms with Crippen LogP contribution >= 0.6 is 0 Å². The van der Waals surface area contributed by atoms with Crippen LogP contribution in [0.1, 0.15) is 51.7 Å². The molecule has 2 aliphatic rings. The molecule has 1 atom stereocenters. The minimum atomic E-state index is -0.616. The van der Waals surface area contributed by atoms with E-state index in [1.165, 1.54) is 11.3 Å². The standard InChI is InChI=1S/C26H32N2O3/c1-5-17-31-22-12-11-19(18-23(22)30-6-2)13-15-26-25(3,4)20-9-7-8-10-21(20)28(26)16-14-24(29)27-26/h7-13,15,18H,5-6,14,16-17H2,1-4H3,(H,27,29). The van der Waals surface area contributed by atoms with Crippen LogP contribution in [0.2, 0.25) is 0 Å². The van der Waals surface area contributed by atoms with Gasteiger partial charge in [-0.05, 0) is 48.7 Å². The maximum Gasteiger partial charge on any atom is 0.223 e. The third-order valence-electron chi connectivity index (χ3n) is 6.39. The third kappa shape index (κ3) is 3.56. The van der Waals surface area contributed by atoms with Gasteiger partial charge in [-0.1, -0.05) is 51.1 Å². The zero-order valence-electron chi connectivity index (χ0n) is 18.9. The topological polar surface area (TPSA) is 50.8 Å². The molecule has 164 valence electrons. The lowest BCUT2D eigenvalue weighted by Gasteiger charge is -2.49. The molecule has 1 unspecified atom stereocenters. The molecule has 0 radical (unpaired) electrons. The Kier molecular flexibility index (Phi) is 5.69. The fourth-order valence-corrected chi connectivity index (χ4v) is 4.76. The van der Waals surface area contributed by atoms with Crippen LogP contribution in [0.15, 0.2) is 48.5 Å². The molecule has 1 amide bonds. The summed E-state index contributed by atoms with van der Waals surface area (Å²) in [4.78, 5) is 14.9. The molecule has 0 aromatic heterocycles. The van der Waals surface area contributed by atoms with E-state index >= 15 is 0 Å². The van der Waals surface area contributed by atoms with Gasteiger partial charge in [0, 0.05) is 24.1 Å². The van der Waals surface area contributed by atoms with Crippen LogP contribution in [0, 0.1) is 0 Å². The Morgan fingerprint density at radius 1 is 1.10 bits per heavy atom. The van der Waals surface area contributed by atoms with E-state index in [0.717, 1.165) is 23.5 Å². The molecular formula is C26H32N2O3. The van der Waals surface area contributed by atoms with Crippen LogP contribution in [-0.2, 0) is 10.2 Å². The van der Waals surface area contributed by atoms with Crippen molar-refractivity contribution in [1.29, 1.82) is 0 Å². The number of anilines is 1. The summed E-state index contributed by atoms with van der Waals surface area (Å²) in [6.07, 6.45) is 5.67. The number of carbonyl (C=O) groups is 1. The maximum atomic E-state index is 12.5. The normalized spacial score (nSPS) is 21.5. The Balaban J connectivity index is 1.73. The minimum Gasteiger partial charge on any atom is -0.490 e. The molecule has 0 saturated carbocycles. The van der Waals surface area contributed by atoms with Gasteiger partial charge < -0.3 is 19.7 Å². The number of nitrogens with zero attached hydrogens (tertiary/aromatic N) is 1. The molecule has 5 nitrogen and oxygen atoms in total. The lowest BCUT2D eigenvalue weighted by Crippen LogP contribution is -2.68. The summed E-state index contributed by atoms with van der Waals surface area (Å²) in [5, 5.41) is 3.32. The summed E-state index contributed by atoms with van der Waals surface area (Å²) in [5.41, 5.74) is 2.54. The van der Waals surface area contributed by atoms with E-state index in [1.807, 2.05) is 25.1 Å². The lowest BCUT2D eigenvalue weighted by atomic mass is 9.74. The first-order valence-corrected chi connectivity index (χ1v) is 11.2. The summed E-state index contributed by atoms with van der Waals surface area (Å²) in [6, 6.07) is 14.5. The second-order valence-corrected chi connectivity index (χ2v) is 8.68. The Labute approximate surface area is 185 Å². The monoisotopic (exact) mass is 420 g/mol. The number of rotatable bonds is 7. The van der Waals surface area contributed by atoms with E-state index in [4.69, 9.17) is 9.47 Å². The van der Waals surface area contributed by atoms with Gasteiger partial charge in [-0.2, -0.15) is 0 Å². The lowest BCUT2D eigenvalue weighted by molar-refractivity contribution is -0.124. The molecule has 0 bridgehead atoms. The van der Waals surface area contributed by atoms with Crippen molar-refractivity contribution in [1.82, 2.24) is 5.32 Å². The van der Waals surface area contributed by atoms with E-state index in [9.17, 15) is 4.79 Å². The Hall–Kier alpha value is -2.95. The molecule has 0 spiro atoms. The number of nitrogens with one attached hydrogen (secondary N) is 1. The van der Waals surface area contributed by atoms with Gasteiger partial charge in [0.2, 0.25) is 5.91 Å². The number of amides is 1.